The standard InChI is InChI=1S/C15H25N3O4/c1-6-15(12(19)20)10-8-18(13(21)22-14(3,4)5)9(2)7-11(10)16-17-15/h9,16-17H,6-8H2,1-5H3,(H,19,20)/t9?,15-/m1/s1. The van der Waals surface area contributed by atoms with E-state index in [0.717, 1.165) is 5.70 Å². The zero-order valence-corrected chi connectivity index (χ0v) is 13.8. The quantitative estimate of drug-likeness (QED) is 0.718. The number of hydrogen-bond donors (Lipinski definition) is 3. The molecule has 124 valence electrons. The van der Waals surface area contributed by atoms with Gasteiger partial charge in [-0.25, -0.2) is 15.0 Å². The van der Waals surface area contributed by atoms with Gasteiger partial charge in [-0.1, -0.05) is 6.92 Å². The molecular formula is C15H25N3O4. The first-order valence-corrected chi connectivity index (χ1v) is 7.59. The van der Waals surface area contributed by atoms with Crippen molar-refractivity contribution in [2.24, 2.45) is 0 Å². The zero-order chi connectivity index (χ0) is 16.7. The molecule has 2 heterocycles. The zero-order valence-electron chi connectivity index (χ0n) is 13.8. The van der Waals surface area contributed by atoms with Gasteiger partial charge in [-0.3, -0.25) is 0 Å². The topological polar surface area (TPSA) is 90.9 Å². The molecule has 0 aromatic heterocycles. The highest BCUT2D eigenvalue weighted by molar-refractivity contribution is 5.85. The van der Waals surface area contributed by atoms with E-state index in [1.54, 1.807) is 4.90 Å². The largest absolute Gasteiger partial charge is 0.480 e. The first kappa shape index (κ1) is 16.6. The maximum Gasteiger partial charge on any atom is 0.410 e. The van der Waals surface area contributed by atoms with Crippen LogP contribution in [-0.4, -0.2) is 45.8 Å². The molecule has 1 unspecified atom stereocenters. The van der Waals surface area contributed by atoms with Gasteiger partial charge in [0.25, 0.3) is 0 Å². The molecule has 7 nitrogen and oxygen atoms in total. The molecule has 1 amide bonds. The molecule has 2 aliphatic rings. The molecule has 2 rings (SSSR count). The van der Waals surface area contributed by atoms with E-state index < -0.39 is 23.2 Å². The smallest absolute Gasteiger partial charge is 0.410 e. The molecule has 0 radical (unpaired) electrons. The fourth-order valence-electron chi connectivity index (χ4n) is 2.93. The van der Waals surface area contributed by atoms with Crippen molar-refractivity contribution in [3.63, 3.8) is 0 Å². The van der Waals surface area contributed by atoms with Crippen molar-refractivity contribution in [1.82, 2.24) is 15.8 Å². The van der Waals surface area contributed by atoms with Crippen LogP contribution in [0.5, 0.6) is 0 Å². The SMILES string of the molecule is CC[C@@]1(C(=O)O)NNC2=C1CN(C(=O)OC(C)(C)C)C(C)C2. The lowest BCUT2D eigenvalue weighted by Gasteiger charge is -2.37. The number of hydrazine groups is 1. The van der Waals surface area contributed by atoms with Gasteiger partial charge in [0.15, 0.2) is 5.54 Å². The number of carboxylic acids is 1. The number of ether oxygens (including phenoxy) is 1. The number of carbonyl (C=O) groups is 2. The summed E-state index contributed by atoms with van der Waals surface area (Å²) in [5.41, 5.74) is 5.73. The normalized spacial score (nSPS) is 28.2. The molecule has 2 aliphatic heterocycles. The first-order chi connectivity index (χ1) is 10.1. The summed E-state index contributed by atoms with van der Waals surface area (Å²) >= 11 is 0. The molecule has 3 N–H and O–H groups in total. The summed E-state index contributed by atoms with van der Waals surface area (Å²) in [6.07, 6.45) is 0.565. The number of carboxylic acid groups (broad SMARTS) is 1. The number of hydrogen-bond acceptors (Lipinski definition) is 5. The van der Waals surface area contributed by atoms with Crippen molar-refractivity contribution in [2.75, 3.05) is 6.54 Å². The summed E-state index contributed by atoms with van der Waals surface area (Å²) < 4.78 is 5.43. The Morgan fingerprint density at radius 3 is 2.59 bits per heavy atom. The van der Waals surface area contributed by atoms with Crippen LogP contribution < -0.4 is 10.9 Å². The molecule has 0 spiro atoms. The molecule has 0 aromatic carbocycles. The number of nitrogens with one attached hydrogen (secondary N) is 2. The Morgan fingerprint density at radius 1 is 1.45 bits per heavy atom. The number of rotatable bonds is 2. The van der Waals surface area contributed by atoms with E-state index in [0.29, 0.717) is 18.4 Å². The Balaban J connectivity index is 2.27. The van der Waals surface area contributed by atoms with Crippen LogP contribution in [0.3, 0.4) is 0 Å². The average molecular weight is 311 g/mol. The number of nitrogens with zero attached hydrogens (tertiary/aromatic N) is 1. The first-order valence-electron chi connectivity index (χ1n) is 7.59. The van der Waals surface area contributed by atoms with E-state index in [4.69, 9.17) is 4.74 Å². The highest BCUT2D eigenvalue weighted by atomic mass is 16.6. The number of carbonyl (C=O) groups excluding carboxylic acids is 1. The number of amides is 1. The molecular weight excluding hydrogens is 286 g/mol. The van der Waals surface area contributed by atoms with Gasteiger partial charge in [0.1, 0.15) is 5.60 Å². The third kappa shape index (κ3) is 2.77. The molecule has 22 heavy (non-hydrogen) atoms. The van der Waals surface area contributed by atoms with Crippen molar-refractivity contribution < 1.29 is 19.4 Å². The van der Waals surface area contributed by atoms with E-state index >= 15 is 0 Å². The van der Waals surface area contributed by atoms with E-state index in [1.165, 1.54) is 0 Å². The lowest BCUT2D eigenvalue weighted by molar-refractivity contribution is -0.143. The third-order valence-electron chi connectivity index (χ3n) is 4.19. The lowest BCUT2D eigenvalue weighted by Crippen LogP contribution is -2.55. The second kappa shape index (κ2) is 5.46. The van der Waals surface area contributed by atoms with Crippen molar-refractivity contribution >= 4 is 12.1 Å². The van der Waals surface area contributed by atoms with Crippen LogP contribution in [0.25, 0.3) is 0 Å². The van der Waals surface area contributed by atoms with Gasteiger partial charge in [0, 0.05) is 30.3 Å². The molecule has 0 aliphatic carbocycles. The molecule has 0 fully saturated rings. The predicted molar refractivity (Wildman–Crippen MR) is 81.0 cm³/mol. The van der Waals surface area contributed by atoms with Gasteiger partial charge in [-0.2, -0.15) is 0 Å². The fraction of sp³-hybridized carbons (Fsp3) is 0.733. The second-order valence-corrected chi connectivity index (χ2v) is 6.93. The van der Waals surface area contributed by atoms with Crippen LogP contribution in [0.1, 0.15) is 47.5 Å². The maximum absolute atomic E-state index is 12.4. The Hall–Kier alpha value is -1.76. The summed E-state index contributed by atoms with van der Waals surface area (Å²) in [6.45, 7) is 9.45. The van der Waals surface area contributed by atoms with Crippen LogP contribution in [-0.2, 0) is 9.53 Å². The second-order valence-electron chi connectivity index (χ2n) is 6.93. The summed E-state index contributed by atoms with van der Waals surface area (Å²) in [7, 11) is 0. The summed E-state index contributed by atoms with van der Waals surface area (Å²) in [4.78, 5) is 25.7. The van der Waals surface area contributed by atoms with Gasteiger partial charge in [0.2, 0.25) is 0 Å². The van der Waals surface area contributed by atoms with Gasteiger partial charge in [-0.05, 0) is 34.1 Å². The van der Waals surface area contributed by atoms with Crippen LogP contribution in [0.2, 0.25) is 0 Å². The van der Waals surface area contributed by atoms with Crippen LogP contribution in [0.4, 0.5) is 4.79 Å². The fourth-order valence-corrected chi connectivity index (χ4v) is 2.93. The van der Waals surface area contributed by atoms with Gasteiger partial charge >= 0.3 is 12.1 Å². The summed E-state index contributed by atoms with van der Waals surface area (Å²) in [6, 6.07) is -0.0515. The monoisotopic (exact) mass is 311 g/mol. The van der Waals surface area contributed by atoms with Crippen molar-refractivity contribution in [3.05, 3.63) is 11.3 Å². The molecule has 2 atom stereocenters. The highest BCUT2D eigenvalue weighted by Crippen LogP contribution is 2.35. The van der Waals surface area contributed by atoms with Crippen LogP contribution in [0.15, 0.2) is 11.3 Å². The molecule has 7 heteroatoms. The van der Waals surface area contributed by atoms with Crippen LogP contribution >= 0.6 is 0 Å². The molecule has 0 saturated carbocycles. The summed E-state index contributed by atoms with van der Waals surface area (Å²) in [5.74, 6) is -0.939. The number of aliphatic carboxylic acids is 1. The van der Waals surface area contributed by atoms with Gasteiger partial charge in [0.05, 0.1) is 0 Å². The van der Waals surface area contributed by atoms with Crippen molar-refractivity contribution in [2.45, 2.75) is 64.6 Å². The Kier molecular flexibility index (Phi) is 4.12. The minimum absolute atomic E-state index is 0.0515. The highest BCUT2D eigenvalue weighted by Gasteiger charge is 2.49. The van der Waals surface area contributed by atoms with Crippen molar-refractivity contribution in [3.8, 4) is 0 Å². The predicted octanol–water partition coefficient (Wildman–Crippen LogP) is 1.61. The van der Waals surface area contributed by atoms with Gasteiger partial charge in [-0.15, -0.1) is 0 Å². The van der Waals surface area contributed by atoms with E-state index in [1.807, 2.05) is 34.6 Å². The maximum atomic E-state index is 12.4. The molecule has 0 bridgehead atoms. The third-order valence-corrected chi connectivity index (χ3v) is 4.19. The molecule has 0 aromatic rings. The Labute approximate surface area is 130 Å². The molecule has 0 saturated heterocycles. The minimum Gasteiger partial charge on any atom is -0.480 e. The van der Waals surface area contributed by atoms with Crippen molar-refractivity contribution in [1.29, 1.82) is 0 Å². The van der Waals surface area contributed by atoms with E-state index in [-0.39, 0.29) is 12.6 Å². The van der Waals surface area contributed by atoms with E-state index in [9.17, 15) is 14.7 Å². The summed E-state index contributed by atoms with van der Waals surface area (Å²) in [5, 5.41) is 9.61. The Bertz CT molecular complexity index is 523. The average Bonchev–Trinajstić information content (AvgIpc) is 2.74. The Morgan fingerprint density at radius 2 is 2.09 bits per heavy atom. The minimum atomic E-state index is -1.16. The van der Waals surface area contributed by atoms with E-state index in [2.05, 4.69) is 10.9 Å². The van der Waals surface area contributed by atoms with Crippen LogP contribution in [0, 0.1) is 0 Å². The lowest BCUT2D eigenvalue weighted by atomic mass is 9.84. The van der Waals surface area contributed by atoms with Gasteiger partial charge < -0.3 is 20.2 Å².